The SMILES string of the molecule is O=C1COc2cc(cc(C(=O)N3CCOCC3)c2)C(=O)N[C@H]2CN(C(=O)CN3CCOc4ccccc4C3)C[C@@H]2Oc2ccc(cc2)CN1. The van der Waals surface area contributed by atoms with Gasteiger partial charge in [-0.05, 0) is 42.0 Å². The van der Waals surface area contributed by atoms with Gasteiger partial charge in [-0.1, -0.05) is 30.3 Å². The van der Waals surface area contributed by atoms with Crippen molar-refractivity contribution >= 4 is 23.6 Å². The molecule has 2 fully saturated rings. The Labute approximate surface area is 284 Å². The molecule has 4 bridgehead atoms. The van der Waals surface area contributed by atoms with E-state index in [4.69, 9.17) is 18.9 Å². The molecular formula is C36H39N5O8. The predicted octanol–water partition coefficient (Wildman–Crippen LogP) is 1.45. The summed E-state index contributed by atoms with van der Waals surface area (Å²) < 4.78 is 23.5. The molecule has 2 N–H and O–H groups in total. The van der Waals surface area contributed by atoms with Crippen molar-refractivity contribution in [2.24, 2.45) is 0 Å². The smallest absolute Gasteiger partial charge is 0.258 e. The first kappa shape index (κ1) is 32.4. The summed E-state index contributed by atoms with van der Waals surface area (Å²) in [5.41, 5.74) is 2.34. The maximum Gasteiger partial charge on any atom is 0.258 e. The molecule has 5 aliphatic rings. The highest BCUT2D eigenvalue weighted by Gasteiger charge is 2.39. The van der Waals surface area contributed by atoms with Gasteiger partial charge in [0.25, 0.3) is 17.7 Å². The standard InChI is InChI=1S/C36H39N5O8/c42-33-23-48-29-16-26(15-27(17-29)36(45)40-10-12-46-13-11-40)35(44)38-30-20-41(21-32(30)49-28-7-5-24(6-8-28)18-37-33)34(43)22-39-9-14-47-31-4-2-1-3-25(31)19-39/h1-8,15-17,30,32H,9-14,18-23H2,(H,37,42)(H,38,44)/t30-,32-/m0/s1. The molecule has 0 aromatic heterocycles. The van der Waals surface area contributed by atoms with Gasteiger partial charge >= 0.3 is 0 Å². The summed E-state index contributed by atoms with van der Waals surface area (Å²) in [7, 11) is 0. The van der Waals surface area contributed by atoms with Gasteiger partial charge in [-0.2, -0.15) is 0 Å². The van der Waals surface area contributed by atoms with Gasteiger partial charge in [0.15, 0.2) is 6.61 Å². The molecule has 5 heterocycles. The number of morpholine rings is 1. The molecule has 8 rings (SSSR count). The molecule has 0 unspecified atom stereocenters. The topological polar surface area (TPSA) is 139 Å². The summed E-state index contributed by atoms with van der Waals surface area (Å²) in [5.74, 6) is 0.469. The average Bonchev–Trinajstić information content (AvgIpc) is 3.40. The number of para-hydroxylation sites is 1. The lowest BCUT2D eigenvalue weighted by Gasteiger charge is -2.27. The van der Waals surface area contributed by atoms with Gasteiger partial charge in [-0.25, -0.2) is 0 Å². The van der Waals surface area contributed by atoms with E-state index in [2.05, 4.69) is 15.5 Å². The number of carbonyl (C=O) groups is 4. The van der Waals surface area contributed by atoms with E-state index >= 15 is 0 Å². The van der Waals surface area contributed by atoms with Crippen LogP contribution in [0, 0.1) is 0 Å². The van der Waals surface area contributed by atoms with Crippen molar-refractivity contribution < 1.29 is 38.1 Å². The molecular weight excluding hydrogens is 630 g/mol. The molecule has 49 heavy (non-hydrogen) atoms. The van der Waals surface area contributed by atoms with Crippen LogP contribution in [0.5, 0.6) is 17.2 Å². The highest BCUT2D eigenvalue weighted by Crippen LogP contribution is 2.25. The molecule has 5 aliphatic heterocycles. The van der Waals surface area contributed by atoms with Gasteiger partial charge in [0, 0.05) is 56.0 Å². The zero-order valence-electron chi connectivity index (χ0n) is 27.1. The second-order valence-electron chi connectivity index (χ2n) is 12.6. The van der Waals surface area contributed by atoms with Crippen molar-refractivity contribution in [3.05, 3.63) is 89.0 Å². The van der Waals surface area contributed by atoms with Crippen LogP contribution < -0.4 is 24.8 Å². The lowest BCUT2D eigenvalue weighted by Crippen LogP contribution is -2.45. The number of likely N-dealkylation sites (tertiary alicyclic amines) is 1. The summed E-state index contributed by atoms with van der Waals surface area (Å²) in [4.78, 5) is 59.1. The fourth-order valence-corrected chi connectivity index (χ4v) is 6.44. The average molecular weight is 670 g/mol. The summed E-state index contributed by atoms with van der Waals surface area (Å²) in [6, 6.07) is 19.2. The van der Waals surface area contributed by atoms with Crippen molar-refractivity contribution in [3.8, 4) is 17.2 Å². The number of amides is 4. The zero-order valence-corrected chi connectivity index (χ0v) is 27.1. The second kappa shape index (κ2) is 14.5. The maximum absolute atomic E-state index is 13.9. The number of ether oxygens (including phenoxy) is 4. The van der Waals surface area contributed by atoms with E-state index in [1.807, 2.05) is 36.4 Å². The van der Waals surface area contributed by atoms with E-state index in [9.17, 15) is 19.2 Å². The monoisotopic (exact) mass is 669 g/mol. The minimum atomic E-state index is -0.550. The number of rotatable bonds is 3. The fraction of sp³-hybridized carbons (Fsp3) is 0.389. The third kappa shape index (κ3) is 7.79. The fourth-order valence-electron chi connectivity index (χ4n) is 6.44. The molecule has 256 valence electrons. The lowest BCUT2D eigenvalue weighted by molar-refractivity contribution is -0.131. The van der Waals surface area contributed by atoms with Gasteiger partial charge in [0.05, 0.1) is 32.3 Å². The first-order valence-corrected chi connectivity index (χ1v) is 16.6. The Kier molecular flexibility index (Phi) is 9.62. The first-order valence-electron chi connectivity index (χ1n) is 16.6. The van der Waals surface area contributed by atoms with Crippen LogP contribution in [-0.2, 0) is 27.4 Å². The lowest BCUT2D eigenvalue weighted by atomic mass is 10.1. The first-order chi connectivity index (χ1) is 23.9. The van der Waals surface area contributed by atoms with E-state index in [-0.39, 0.29) is 67.4 Å². The van der Waals surface area contributed by atoms with Gasteiger partial charge in [-0.3, -0.25) is 24.1 Å². The van der Waals surface area contributed by atoms with Crippen LogP contribution in [0.4, 0.5) is 0 Å². The maximum atomic E-state index is 13.9. The van der Waals surface area contributed by atoms with Crippen molar-refractivity contribution in [2.75, 3.05) is 65.7 Å². The predicted molar refractivity (Wildman–Crippen MR) is 176 cm³/mol. The number of benzene rings is 3. The Hall–Kier alpha value is -5.14. The van der Waals surface area contributed by atoms with Crippen molar-refractivity contribution in [1.82, 2.24) is 25.3 Å². The Morgan fingerprint density at radius 1 is 0.837 bits per heavy atom. The Morgan fingerprint density at radius 3 is 2.49 bits per heavy atom. The zero-order chi connectivity index (χ0) is 33.7. The van der Waals surface area contributed by atoms with Gasteiger partial charge in [0.2, 0.25) is 5.91 Å². The van der Waals surface area contributed by atoms with Crippen LogP contribution in [-0.4, -0.2) is 116 Å². The number of hydrogen-bond acceptors (Lipinski definition) is 9. The van der Waals surface area contributed by atoms with E-state index < -0.39 is 18.1 Å². The molecule has 2 atom stereocenters. The number of hydrogen-bond donors (Lipinski definition) is 2. The van der Waals surface area contributed by atoms with E-state index in [0.29, 0.717) is 51.7 Å². The molecule has 0 aliphatic carbocycles. The molecule has 0 saturated carbocycles. The summed E-state index contributed by atoms with van der Waals surface area (Å²) in [5, 5.41) is 5.90. The quantitative estimate of drug-likeness (QED) is 0.425. The Morgan fingerprint density at radius 2 is 1.65 bits per heavy atom. The third-order valence-corrected chi connectivity index (χ3v) is 9.11. The van der Waals surface area contributed by atoms with E-state index in [1.54, 1.807) is 28.0 Å². The van der Waals surface area contributed by atoms with E-state index in [0.717, 1.165) is 16.9 Å². The van der Waals surface area contributed by atoms with Crippen LogP contribution >= 0.6 is 0 Å². The Bertz CT molecular complexity index is 1710. The number of carbonyl (C=O) groups excluding carboxylic acids is 4. The third-order valence-electron chi connectivity index (χ3n) is 9.11. The van der Waals surface area contributed by atoms with Crippen molar-refractivity contribution in [2.45, 2.75) is 25.2 Å². The molecule has 0 spiro atoms. The van der Waals surface area contributed by atoms with Crippen LogP contribution in [0.15, 0.2) is 66.7 Å². The molecule has 2 saturated heterocycles. The van der Waals surface area contributed by atoms with Crippen LogP contribution in [0.2, 0.25) is 0 Å². The normalized spacial score (nSPS) is 21.5. The highest BCUT2D eigenvalue weighted by molar-refractivity contribution is 6.00. The summed E-state index contributed by atoms with van der Waals surface area (Å²) in [6.07, 6.45) is -0.545. The molecule has 4 amide bonds. The molecule has 0 radical (unpaired) electrons. The van der Waals surface area contributed by atoms with Gasteiger partial charge in [-0.15, -0.1) is 0 Å². The highest BCUT2D eigenvalue weighted by atomic mass is 16.5. The van der Waals surface area contributed by atoms with Crippen molar-refractivity contribution in [3.63, 3.8) is 0 Å². The van der Waals surface area contributed by atoms with Crippen molar-refractivity contribution in [1.29, 1.82) is 0 Å². The largest absolute Gasteiger partial charge is 0.492 e. The number of nitrogens with one attached hydrogen (secondary N) is 2. The summed E-state index contributed by atoms with van der Waals surface area (Å²) in [6.45, 7) is 4.06. The number of fused-ring (bicyclic) bond motifs is 8. The number of nitrogens with zero attached hydrogens (tertiary/aromatic N) is 3. The van der Waals surface area contributed by atoms with Crippen LogP contribution in [0.25, 0.3) is 0 Å². The summed E-state index contributed by atoms with van der Waals surface area (Å²) >= 11 is 0. The van der Waals surface area contributed by atoms with Crippen LogP contribution in [0.1, 0.15) is 31.8 Å². The van der Waals surface area contributed by atoms with Gasteiger partial charge in [0.1, 0.15) is 30.0 Å². The minimum absolute atomic E-state index is 0.0771. The van der Waals surface area contributed by atoms with Crippen LogP contribution in [0.3, 0.4) is 0 Å². The van der Waals surface area contributed by atoms with E-state index in [1.165, 1.54) is 12.1 Å². The molecule has 3 aromatic rings. The van der Waals surface area contributed by atoms with Gasteiger partial charge < -0.3 is 39.4 Å². The Balaban J connectivity index is 1.13. The molecule has 13 heteroatoms. The second-order valence-corrected chi connectivity index (χ2v) is 12.6. The molecule has 3 aromatic carbocycles. The molecule has 13 nitrogen and oxygen atoms in total. The minimum Gasteiger partial charge on any atom is -0.492 e.